The summed E-state index contributed by atoms with van der Waals surface area (Å²) in [7, 11) is -0.962. The number of halogens is 2. The van der Waals surface area contributed by atoms with Crippen molar-refractivity contribution in [2.75, 3.05) is 14.1 Å². The third-order valence-corrected chi connectivity index (χ3v) is 5.75. The molecular weight excluding hydrogens is 397 g/mol. The molecule has 10 heteroatoms. The van der Waals surface area contributed by atoms with Crippen molar-refractivity contribution < 1.29 is 22.4 Å². The Hall–Kier alpha value is -2.49. The molecule has 0 radical (unpaired) electrons. The standard InChI is InChI=1S/C17H17ClFN3O4S/c1-22(2)27(25,26)12-6-3-5-11(9-12)17(24)21-20-16(23)10-13-14(18)7-4-8-15(13)19/h3-9H,10H2,1-2H3,(H,20,23)(H,21,24). The second-order valence-corrected chi connectivity index (χ2v) is 8.25. The molecule has 0 aliphatic heterocycles. The summed E-state index contributed by atoms with van der Waals surface area (Å²) in [6.45, 7) is 0. The Balaban J connectivity index is 2.05. The van der Waals surface area contributed by atoms with Gasteiger partial charge in [0.1, 0.15) is 5.82 Å². The van der Waals surface area contributed by atoms with E-state index in [9.17, 15) is 22.4 Å². The second-order valence-electron chi connectivity index (χ2n) is 5.69. The van der Waals surface area contributed by atoms with Gasteiger partial charge in [0.2, 0.25) is 15.9 Å². The van der Waals surface area contributed by atoms with E-state index in [1.54, 1.807) is 0 Å². The fourth-order valence-electron chi connectivity index (χ4n) is 2.11. The molecule has 7 nitrogen and oxygen atoms in total. The van der Waals surface area contributed by atoms with E-state index < -0.39 is 27.7 Å². The summed E-state index contributed by atoms with van der Waals surface area (Å²) < 4.78 is 38.9. The van der Waals surface area contributed by atoms with Crippen molar-refractivity contribution in [3.8, 4) is 0 Å². The molecule has 0 saturated carbocycles. The van der Waals surface area contributed by atoms with Crippen LogP contribution < -0.4 is 10.9 Å². The predicted octanol–water partition coefficient (Wildman–Crippen LogP) is 1.73. The fourth-order valence-corrected chi connectivity index (χ4v) is 3.29. The Morgan fingerprint density at radius 3 is 2.41 bits per heavy atom. The number of carbonyl (C=O) groups is 2. The van der Waals surface area contributed by atoms with Crippen molar-refractivity contribution in [3.05, 3.63) is 64.4 Å². The summed E-state index contributed by atoms with van der Waals surface area (Å²) in [5.41, 5.74) is 4.33. The molecule has 0 spiro atoms. The third-order valence-electron chi connectivity index (χ3n) is 3.59. The summed E-state index contributed by atoms with van der Waals surface area (Å²) in [4.78, 5) is 24.0. The maximum absolute atomic E-state index is 13.7. The van der Waals surface area contributed by atoms with E-state index in [0.717, 1.165) is 4.31 Å². The highest BCUT2D eigenvalue weighted by Crippen LogP contribution is 2.19. The first-order valence-electron chi connectivity index (χ1n) is 7.67. The molecule has 2 rings (SSSR count). The normalized spacial score (nSPS) is 11.3. The van der Waals surface area contributed by atoms with Gasteiger partial charge in [0.25, 0.3) is 5.91 Å². The van der Waals surface area contributed by atoms with Gasteiger partial charge in [0.15, 0.2) is 0 Å². The smallest absolute Gasteiger partial charge is 0.269 e. The molecule has 0 atom stereocenters. The Bertz CT molecular complexity index is 960. The van der Waals surface area contributed by atoms with Crippen molar-refractivity contribution in [3.63, 3.8) is 0 Å². The van der Waals surface area contributed by atoms with E-state index in [0.29, 0.717) is 0 Å². The van der Waals surface area contributed by atoms with Crippen LogP contribution >= 0.6 is 11.6 Å². The maximum atomic E-state index is 13.7. The highest BCUT2D eigenvalue weighted by atomic mass is 35.5. The van der Waals surface area contributed by atoms with Gasteiger partial charge < -0.3 is 0 Å². The van der Waals surface area contributed by atoms with Crippen molar-refractivity contribution in [1.82, 2.24) is 15.2 Å². The zero-order valence-corrected chi connectivity index (χ0v) is 16.1. The van der Waals surface area contributed by atoms with Gasteiger partial charge in [-0.15, -0.1) is 0 Å². The van der Waals surface area contributed by atoms with Crippen LogP contribution in [0.3, 0.4) is 0 Å². The van der Waals surface area contributed by atoms with Crippen LogP contribution in [0.4, 0.5) is 4.39 Å². The summed E-state index contributed by atoms with van der Waals surface area (Å²) in [5.74, 6) is -2.04. The predicted molar refractivity (Wildman–Crippen MR) is 98.0 cm³/mol. The van der Waals surface area contributed by atoms with Gasteiger partial charge in [-0.3, -0.25) is 20.4 Å². The van der Waals surface area contributed by atoms with Gasteiger partial charge in [-0.1, -0.05) is 23.7 Å². The lowest BCUT2D eigenvalue weighted by Gasteiger charge is -2.12. The monoisotopic (exact) mass is 413 g/mol. The molecule has 0 fully saturated rings. The molecule has 0 heterocycles. The lowest BCUT2D eigenvalue weighted by atomic mass is 10.1. The SMILES string of the molecule is CN(C)S(=O)(=O)c1cccc(C(=O)NNC(=O)Cc2c(F)cccc2Cl)c1. The van der Waals surface area contributed by atoms with Gasteiger partial charge in [0.05, 0.1) is 11.3 Å². The summed E-state index contributed by atoms with van der Waals surface area (Å²) in [6, 6.07) is 9.37. The van der Waals surface area contributed by atoms with Gasteiger partial charge in [-0.2, -0.15) is 0 Å². The number of nitrogens with one attached hydrogen (secondary N) is 2. The highest BCUT2D eigenvalue weighted by molar-refractivity contribution is 7.89. The Morgan fingerprint density at radius 2 is 1.78 bits per heavy atom. The molecule has 0 aliphatic carbocycles. The molecule has 27 heavy (non-hydrogen) atoms. The first kappa shape index (κ1) is 20.8. The summed E-state index contributed by atoms with van der Waals surface area (Å²) in [6.07, 6.45) is -0.374. The first-order chi connectivity index (χ1) is 12.6. The molecule has 0 aromatic heterocycles. The van der Waals surface area contributed by atoms with Gasteiger partial charge in [0, 0.05) is 30.2 Å². The van der Waals surface area contributed by atoms with Crippen LogP contribution in [0.15, 0.2) is 47.4 Å². The average molecular weight is 414 g/mol. The minimum atomic E-state index is -3.70. The molecule has 2 N–H and O–H groups in total. The molecule has 144 valence electrons. The molecule has 0 saturated heterocycles. The number of hydrogen-bond donors (Lipinski definition) is 2. The van der Waals surface area contributed by atoms with E-state index in [-0.39, 0.29) is 27.5 Å². The minimum Gasteiger partial charge on any atom is -0.273 e. The third kappa shape index (κ3) is 5.03. The Labute approximate surface area is 161 Å². The van der Waals surface area contributed by atoms with Crippen LogP contribution in [0.25, 0.3) is 0 Å². The van der Waals surface area contributed by atoms with E-state index in [1.165, 1.54) is 56.6 Å². The van der Waals surface area contributed by atoms with E-state index >= 15 is 0 Å². The lowest BCUT2D eigenvalue weighted by molar-refractivity contribution is -0.121. The number of sulfonamides is 1. The zero-order chi connectivity index (χ0) is 20.2. The van der Waals surface area contributed by atoms with Gasteiger partial charge >= 0.3 is 0 Å². The van der Waals surface area contributed by atoms with Gasteiger partial charge in [-0.25, -0.2) is 17.1 Å². The summed E-state index contributed by atoms with van der Waals surface area (Å²) >= 11 is 5.85. The molecule has 0 aliphatic rings. The number of rotatable bonds is 5. The van der Waals surface area contributed by atoms with Crippen LogP contribution in [-0.2, 0) is 21.2 Å². The average Bonchev–Trinajstić information content (AvgIpc) is 2.62. The molecule has 0 unspecified atom stereocenters. The summed E-state index contributed by atoms with van der Waals surface area (Å²) in [5, 5.41) is 0.0954. The molecule has 2 amide bonds. The number of amides is 2. The quantitative estimate of drug-likeness (QED) is 0.730. The lowest BCUT2D eigenvalue weighted by Crippen LogP contribution is -2.42. The van der Waals surface area contributed by atoms with Crippen LogP contribution in [0.5, 0.6) is 0 Å². The van der Waals surface area contributed by atoms with Crippen LogP contribution in [-0.4, -0.2) is 38.6 Å². The molecule has 2 aromatic carbocycles. The zero-order valence-electron chi connectivity index (χ0n) is 14.5. The highest BCUT2D eigenvalue weighted by Gasteiger charge is 2.19. The Kier molecular flexibility index (Phi) is 6.53. The second kappa shape index (κ2) is 8.47. The first-order valence-corrected chi connectivity index (χ1v) is 9.49. The van der Waals surface area contributed by atoms with Crippen molar-refractivity contribution >= 4 is 33.4 Å². The molecule has 0 bridgehead atoms. The van der Waals surface area contributed by atoms with Crippen molar-refractivity contribution in [2.45, 2.75) is 11.3 Å². The van der Waals surface area contributed by atoms with Crippen molar-refractivity contribution in [2.24, 2.45) is 0 Å². The maximum Gasteiger partial charge on any atom is 0.269 e. The van der Waals surface area contributed by atoms with Gasteiger partial charge in [-0.05, 0) is 30.3 Å². The topological polar surface area (TPSA) is 95.6 Å². The molecule has 2 aromatic rings. The van der Waals surface area contributed by atoms with E-state index in [1.807, 2.05) is 0 Å². The van der Waals surface area contributed by atoms with Crippen LogP contribution in [0.2, 0.25) is 5.02 Å². The number of carbonyl (C=O) groups excluding carboxylic acids is 2. The molecular formula is C17H17ClFN3O4S. The van der Waals surface area contributed by atoms with E-state index in [4.69, 9.17) is 11.6 Å². The number of hydrogen-bond acceptors (Lipinski definition) is 4. The Morgan fingerprint density at radius 1 is 1.11 bits per heavy atom. The number of hydrazine groups is 1. The van der Waals surface area contributed by atoms with Crippen LogP contribution in [0, 0.1) is 5.82 Å². The largest absolute Gasteiger partial charge is 0.273 e. The minimum absolute atomic E-state index is 0.00462. The van der Waals surface area contributed by atoms with Crippen LogP contribution in [0.1, 0.15) is 15.9 Å². The van der Waals surface area contributed by atoms with E-state index in [2.05, 4.69) is 10.9 Å². The number of benzene rings is 2. The van der Waals surface area contributed by atoms with Crippen molar-refractivity contribution in [1.29, 1.82) is 0 Å². The fraction of sp³-hybridized carbons (Fsp3) is 0.176. The number of nitrogens with zero attached hydrogens (tertiary/aromatic N) is 1.